The van der Waals surface area contributed by atoms with Gasteiger partial charge >= 0.3 is 0 Å². The molecule has 0 aliphatic heterocycles. The first kappa shape index (κ1) is 15.9. The molecule has 2 rings (SSSR count). The maximum Gasteiger partial charge on any atom is 0.151 e. The third-order valence-corrected chi connectivity index (χ3v) is 4.16. The molecule has 0 atom stereocenters. The summed E-state index contributed by atoms with van der Waals surface area (Å²) in [6, 6.07) is 7.21. The second kappa shape index (κ2) is 7.02. The largest absolute Gasteiger partial charge is 0.369 e. The summed E-state index contributed by atoms with van der Waals surface area (Å²) in [6.45, 7) is 2.70. The summed E-state index contributed by atoms with van der Waals surface area (Å²) in [7, 11) is 0. The van der Waals surface area contributed by atoms with Crippen LogP contribution in [0.15, 0.2) is 24.3 Å². The van der Waals surface area contributed by atoms with E-state index in [0.29, 0.717) is 26.7 Å². The van der Waals surface area contributed by atoms with Crippen molar-refractivity contribution in [3.8, 4) is 0 Å². The predicted octanol–water partition coefficient (Wildman–Crippen LogP) is 5.82. The van der Waals surface area contributed by atoms with Gasteiger partial charge in [-0.05, 0) is 53.8 Å². The second-order valence-electron chi connectivity index (χ2n) is 3.93. The number of pyridine rings is 1. The number of benzene rings is 1. The summed E-state index contributed by atoms with van der Waals surface area (Å²) >= 11 is 20.4. The molecule has 0 aliphatic rings. The maximum absolute atomic E-state index is 6.17. The zero-order valence-corrected chi connectivity index (χ0v) is 14.9. The minimum absolute atomic E-state index is 0.461. The van der Waals surface area contributed by atoms with Crippen molar-refractivity contribution in [3.63, 3.8) is 0 Å². The number of aromatic nitrogens is 1. The van der Waals surface area contributed by atoms with E-state index in [0.717, 1.165) is 15.8 Å². The van der Waals surface area contributed by atoms with E-state index in [1.807, 2.05) is 19.1 Å². The molecule has 0 radical (unpaired) electrons. The Morgan fingerprint density at radius 1 is 1.10 bits per heavy atom. The quantitative estimate of drug-likeness (QED) is 0.586. The monoisotopic (exact) mass is 441 g/mol. The molecular weight excluding hydrogens is 431 g/mol. The van der Waals surface area contributed by atoms with Crippen molar-refractivity contribution in [2.45, 2.75) is 6.92 Å². The summed E-state index contributed by atoms with van der Waals surface area (Å²) < 4.78 is 0.980. The molecule has 1 aromatic heterocycles. The standard InChI is InChI=1S/C13H11Cl3IN3/c1-2-18-12-8(15)6-9(16)13(20-12)19-11-4-3-7(14)5-10(11)17/h3-6H,2H2,1H3,(H2,18,19,20). The van der Waals surface area contributed by atoms with Crippen molar-refractivity contribution in [1.82, 2.24) is 4.98 Å². The lowest BCUT2D eigenvalue weighted by Gasteiger charge is -2.13. The molecule has 1 aromatic carbocycles. The molecule has 2 N–H and O–H groups in total. The van der Waals surface area contributed by atoms with E-state index in [9.17, 15) is 0 Å². The lowest BCUT2D eigenvalue weighted by molar-refractivity contribution is 1.16. The van der Waals surface area contributed by atoms with Gasteiger partial charge in [0.15, 0.2) is 5.82 Å². The van der Waals surface area contributed by atoms with E-state index in [-0.39, 0.29) is 0 Å². The van der Waals surface area contributed by atoms with Gasteiger partial charge in [-0.15, -0.1) is 0 Å². The zero-order valence-electron chi connectivity index (χ0n) is 10.5. The van der Waals surface area contributed by atoms with E-state index in [2.05, 4.69) is 38.2 Å². The van der Waals surface area contributed by atoms with Crippen molar-refractivity contribution >= 4 is 74.7 Å². The van der Waals surface area contributed by atoms with Crippen LogP contribution in [0.4, 0.5) is 17.3 Å². The number of halogens is 4. The average Bonchev–Trinajstić information content (AvgIpc) is 2.38. The van der Waals surface area contributed by atoms with Crippen LogP contribution < -0.4 is 10.6 Å². The lowest BCUT2D eigenvalue weighted by atomic mass is 10.3. The van der Waals surface area contributed by atoms with Crippen LogP contribution in [0, 0.1) is 3.57 Å². The fourth-order valence-corrected chi connectivity index (χ4v) is 3.04. The number of anilines is 3. The molecule has 3 nitrogen and oxygen atoms in total. The van der Waals surface area contributed by atoms with Gasteiger partial charge in [0.2, 0.25) is 0 Å². The minimum Gasteiger partial charge on any atom is -0.369 e. The van der Waals surface area contributed by atoms with E-state index in [4.69, 9.17) is 34.8 Å². The van der Waals surface area contributed by atoms with Gasteiger partial charge < -0.3 is 10.6 Å². The Morgan fingerprint density at radius 2 is 1.80 bits per heavy atom. The summed E-state index contributed by atoms with van der Waals surface area (Å²) in [4.78, 5) is 4.40. The van der Waals surface area contributed by atoms with Crippen LogP contribution in [-0.2, 0) is 0 Å². The van der Waals surface area contributed by atoms with E-state index < -0.39 is 0 Å². The fourth-order valence-electron chi connectivity index (χ4n) is 1.56. The fraction of sp³-hybridized carbons (Fsp3) is 0.154. The Balaban J connectivity index is 2.35. The second-order valence-corrected chi connectivity index (χ2v) is 6.34. The first-order valence-electron chi connectivity index (χ1n) is 5.83. The highest BCUT2D eigenvalue weighted by Crippen LogP contribution is 2.32. The molecule has 7 heteroatoms. The first-order chi connectivity index (χ1) is 9.51. The van der Waals surface area contributed by atoms with Gasteiger partial charge in [0, 0.05) is 15.1 Å². The van der Waals surface area contributed by atoms with Gasteiger partial charge in [-0.2, -0.15) is 0 Å². The number of rotatable bonds is 4. The van der Waals surface area contributed by atoms with Gasteiger partial charge in [-0.3, -0.25) is 0 Å². The highest BCUT2D eigenvalue weighted by atomic mass is 127. The van der Waals surface area contributed by atoms with Crippen LogP contribution in [-0.4, -0.2) is 11.5 Å². The van der Waals surface area contributed by atoms with Gasteiger partial charge in [0.25, 0.3) is 0 Å². The molecule has 2 aromatic rings. The first-order valence-corrected chi connectivity index (χ1v) is 8.04. The summed E-state index contributed by atoms with van der Waals surface area (Å²) in [5, 5.41) is 7.91. The Kier molecular flexibility index (Phi) is 5.60. The molecule has 0 amide bonds. The summed E-state index contributed by atoms with van der Waals surface area (Å²) in [5.41, 5.74) is 0.883. The van der Waals surface area contributed by atoms with Gasteiger partial charge in [0.05, 0.1) is 15.7 Å². The smallest absolute Gasteiger partial charge is 0.151 e. The number of nitrogens with one attached hydrogen (secondary N) is 2. The molecule has 0 saturated heterocycles. The molecule has 0 saturated carbocycles. The van der Waals surface area contributed by atoms with Crippen molar-refractivity contribution in [2.24, 2.45) is 0 Å². The molecule has 106 valence electrons. The molecule has 0 unspecified atom stereocenters. The molecular formula is C13H11Cl3IN3. The molecule has 0 spiro atoms. The molecule has 20 heavy (non-hydrogen) atoms. The minimum atomic E-state index is 0.461. The van der Waals surface area contributed by atoms with Crippen LogP contribution in [0.2, 0.25) is 15.1 Å². The van der Waals surface area contributed by atoms with Crippen molar-refractivity contribution < 1.29 is 0 Å². The maximum atomic E-state index is 6.17. The SMILES string of the molecule is CCNc1nc(Nc2ccc(Cl)cc2I)c(Cl)cc1Cl. The predicted molar refractivity (Wildman–Crippen MR) is 95.9 cm³/mol. The van der Waals surface area contributed by atoms with Crippen LogP contribution in [0.5, 0.6) is 0 Å². The van der Waals surface area contributed by atoms with Gasteiger partial charge in [-0.25, -0.2) is 4.98 Å². The molecule has 0 fully saturated rings. The number of nitrogens with zero attached hydrogens (tertiary/aromatic N) is 1. The Labute approximate surface area is 146 Å². The Bertz CT molecular complexity index is 634. The lowest BCUT2D eigenvalue weighted by Crippen LogP contribution is -2.03. The molecule has 1 heterocycles. The van der Waals surface area contributed by atoms with Gasteiger partial charge in [0.1, 0.15) is 5.82 Å². The third kappa shape index (κ3) is 3.81. The Hall–Kier alpha value is -0.430. The van der Waals surface area contributed by atoms with Crippen LogP contribution in [0.3, 0.4) is 0 Å². The van der Waals surface area contributed by atoms with E-state index >= 15 is 0 Å². The molecule has 0 bridgehead atoms. The topological polar surface area (TPSA) is 37.0 Å². The van der Waals surface area contributed by atoms with Crippen LogP contribution in [0.25, 0.3) is 0 Å². The van der Waals surface area contributed by atoms with Gasteiger partial charge in [-0.1, -0.05) is 34.8 Å². The van der Waals surface area contributed by atoms with E-state index in [1.165, 1.54) is 0 Å². The van der Waals surface area contributed by atoms with Crippen LogP contribution in [0.1, 0.15) is 6.92 Å². The zero-order chi connectivity index (χ0) is 14.7. The highest BCUT2D eigenvalue weighted by Gasteiger charge is 2.10. The number of hydrogen-bond donors (Lipinski definition) is 2. The Morgan fingerprint density at radius 3 is 2.45 bits per heavy atom. The van der Waals surface area contributed by atoms with Crippen molar-refractivity contribution in [3.05, 3.63) is 42.9 Å². The number of hydrogen-bond acceptors (Lipinski definition) is 3. The third-order valence-electron chi connectivity index (χ3n) is 2.46. The molecule has 0 aliphatic carbocycles. The van der Waals surface area contributed by atoms with Crippen LogP contribution >= 0.6 is 57.4 Å². The van der Waals surface area contributed by atoms with E-state index in [1.54, 1.807) is 12.1 Å². The summed E-state index contributed by atoms with van der Waals surface area (Å²) in [6.07, 6.45) is 0. The highest BCUT2D eigenvalue weighted by molar-refractivity contribution is 14.1. The van der Waals surface area contributed by atoms with Crippen molar-refractivity contribution in [2.75, 3.05) is 17.2 Å². The van der Waals surface area contributed by atoms with Crippen molar-refractivity contribution in [1.29, 1.82) is 0 Å². The summed E-state index contributed by atoms with van der Waals surface area (Å²) in [5.74, 6) is 1.15. The normalized spacial score (nSPS) is 10.4. The average molecular weight is 443 g/mol.